The Morgan fingerprint density at radius 3 is 2.73 bits per heavy atom. The van der Waals surface area contributed by atoms with Crippen LogP contribution in [0.3, 0.4) is 0 Å². The SMILES string of the molecule is CC1[C]=CC=CC1(C)c1ccccc1F. The van der Waals surface area contributed by atoms with Crippen molar-refractivity contribution < 1.29 is 4.39 Å². The summed E-state index contributed by atoms with van der Waals surface area (Å²) in [6, 6.07) is 6.96. The van der Waals surface area contributed by atoms with Crippen molar-refractivity contribution in [2.75, 3.05) is 0 Å². The fraction of sp³-hybridized carbons (Fsp3) is 0.286. The van der Waals surface area contributed by atoms with Crippen LogP contribution in [-0.2, 0) is 5.41 Å². The van der Waals surface area contributed by atoms with Crippen LogP contribution in [0, 0.1) is 17.8 Å². The van der Waals surface area contributed by atoms with Gasteiger partial charge in [-0.3, -0.25) is 0 Å². The second-order valence-electron chi connectivity index (χ2n) is 4.18. The summed E-state index contributed by atoms with van der Waals surface area (Å²) in [4.78, 5) is 0. The quantitative estimate of drug-likeness (QED) is 0.650. The van der Waals surface area contributed by atoms with E-state index in [1.165, 1.54) is 6.07 Å². The maximum absolute atomic E-state index is 13.7. The molecule has 0 aromatic heterocycles. The van der Waals surface area contributed by atoms with Gasteiger partial charge in [0.1, 0.15) is 5.82 Å². The molecule has 1 radical (unpaired) electrons. The molecule has 2 rings (SSSR count). The summed E-state index contributed by atoms with van der Waals surface area (Å²) in [6.07, 6.45) is 9.10. The van der Waals surface area contributed by atoms with E-state index >= 15 is 0 Å². The molecule has 0 saturated carbocycles. The summed E-state index contributed by atoms with van der Waals surface area (Å²) >= 11 is 0. The molecule has 0 saturated heterocycles. The van der Waals surface area contributed by atoms with Gasteiger partial charge in [-0.25, -0.2) is 4.39 Å². The van der Waals surface area contributed by atoms with E-state index in [2.05, 4.69) is 13.0 Å². The minimum atomic E-state index is -0.278. The third kappa shape index (κ3) is 1.63. The Morgan fingerprint density at radius 1 is 1.33 bits per heavy atom. The van der Waals surface area contributed by atoms with Crippen molar-refractivity contribution in [3.05, 3.63) is 60.0 Å². The first kappa shape index (κ1) is 10.2. The Balaban J connectivity index is 2.50. The largest absolute Gasteiger partial charge is 0.207 e. The van der Waals surface area contributed by atoms with Gasteiger partial charge in [0.25, 0.3) is 0 Å². The van der Waals surface area contributed by atoms with Gasteiger partial charge in [0, 0.05) is 5.41 Å². The number of rotatable bonds is 1. The van der Waals surface area contributed by atoms with Crippen molar-refractivity contribution in [3.8, 4) is 0 Å². The first-order chi connectivity index (χ1) is 7.14. The standard InChI is InChI=1S/C14H14F/c1-11-7-5-6-10-14(11,2)12-8-3-4-9-13(12)15/h3-6,8-11H,1-2H3. The fourth-order valence-electron chi connectivity index (χ4n) is 1.99. The van der Waals surface area contributed by atoms with Gasteiger partial charge in [0.05, 0.1) is 0 Å². The maximum Gasteiger partial charge on any atom is 0.127 e. The van der Waals surface area contributed by atoms with Crippen molar-refractivity contribution in [3.63, 3.8) is 0 Å². The summed E-state index contributed by atoms with van der Waals surface area (Å²) in [5.74, 6) is 0.0552. The highest BCUT2D eigenvalue weighted by Gasteiger charge is 2.32. The highest BCUT2D eigenvalue weighted by molar-refractivity contribution is 5.35. The second-order valence-corrected chi connectivity index (χ2v) is 4.18. The lowest BCUT2D eigenvalue weighted by molar-refractivity contribution is 0.424. The molecule has 1 aromatic rings. The van der Waals surface area contributed by atoms with Crippen LogP contribution in [0.1, 0.15) is 19.4 Å². The van der Waals surface area contributed by atoms with Gasteiger partial charge in [0.2, 0.25) is 0 Å². The maximum atomic E-state index is 13.7. The van der Waals surface area contributed by atoms with Crippen LogP contribution in [0.25, 0.3) is 0 Å². The van der Waals surface area contributed by atoms with Gasteiger partial charge < -0.3 is 0 Å². The first-order valence-corrected chi connectivity index (χ1v) is 5.17. The van der Waals surface area contributed by atoms with Gasteiger partial charge >= 0.3 is 0 Å². The zero-order chi connectivity index (χ0) is 10.9. The molecule has 1 aromatic carbocycles. The molecule has 1 aliphatic rings. The van der Waals surface area contributed by atoms with Crippen LogP contribution in [0.5, 0.6) is 0 Å². The Hall–Kier alpha value is -1.37. The molecule has 15 heavy (non-hydrogen) atoms. The second kappa shape index (κ2) is 3.65. The number of hydrogen-bond acceptors (Lipinski definition) is 0. The van der Waals surface area contributed by atoms with E-state index in [1.54, 1.807) is 6.07 Å². The molecular formula is C14H14F. The van der Waals surface area contributed by atoms with Gasteiger partial charge in [-0.05, 0) is 23.6 Å². The minimum absolute atomic E-state index is 0.139. The van der Waals surface area contributed by atoms with E-state index < -0.39 is 0 Å². The number of allylic oxidation sites excluding steroid dienone is 4. The Bertz CT molecular complexity index is 417. The monoisotopic (exact) mass is 201 g/mol. The molecular weight excluding hydrogens is 187 g/mol. The summed E-state index contributed by atoms with van der Waals surface area (Å²) in [5, 5.41) is 0. The van der Waals surface area contributed by atoms with E-state index in [4.69, 9.17) is 0 Å². The molecule has 0 bridgehead atoms. The zero-order valence-electron chi connectivity index (χ0n) is 9.00. The molecule has 0 N–H and O–H groups in total. The van der Waals surface area contributed by atoms with Crippen LogP contribution < -0.4 is 0 Å². The topological polar surface area (TPSA) is 0 Å². The lowest BCUT2D eigenvalue weighted by atomic mass is 9.70. The van der Waals surface area contributed by atoms with Crippen molar-refractivity contribution in [2.24, 2.45) is 5.92 Å². The highest BCUT2D eigenvalue weighted by Crippen LogP contribution is 2.37. The molecule has 0 heterocycles. The van der Waals surface area contributed by atoms with E-state index in [0.29, 0.717) is 0 Å². The smallest absolute Gasteiger partial charge is 0.127 e. The summed E-state index contributed by atoms with van der Waals surface area (Å²) in [7, 11) is 0. The highest BCUT2D eigenvalue weighted by atomic mass is 19.1. The van der Waals surface area contributed by atoms with E-state index in [9.17, 15) is 4.39 Å². The van der Waals surface area contributed by atoms with Crippen LogP contribution in [0.4, 0.5) is 4.39 Å². The van der Waals surface area contributed by atoms with E-state index in [1.807, 2.05) is 37.3 Å². The fourth-order valence-corrected chi connectivity index (χ4v) is 1.99. The molecule has 0 spiro atoms. The van der Waals surface area contributed by atoms with Crippen LogP contribution in [0.2, 0.25) is 0 Å². The first-order valence-electron chi connectivity index (χ1n) is 5.17. The molecule has 0 aliphatic heterocycles. The van der Waals surface area contributed by atoms with Crippen LogP contribution in [-0.4, -0.2) is 0 Å². The lowest BCUT2D eigenvalue weighted by Crippen LogP contribution is -2.29. The summed E-state index contributed by atoms with van der Waals surface area (Å²) in [5.41, 5.74) is 0.467. The number of hydrogen-bond donors (Lipinski definition) is 0. The Kier molecular flexibility index (Phi) is 2.47. The van der Waals surface area contributed by atoms with Crippen LogP contribution >= 0.6 is 0 Å². The average Bonchev–Trinajstić information content (AvgIpc) is 2.23. The van der Waals surface area contributed by atoms with Crippen molar-refractivity contribution in [1.82, 2.24) is 0 Å². The average molecular weight is 201 g/mol. The number of halogens is 1. The van der Waals surface area contributed by atoms with Gasteiger partial charge in [-0.1, -0.05) is 50.3 Å². The molecule has 1 heteroatoms. The van der Waals surface area contributed by atoms with E-state index in [0.717, 1.165) is 5.56 Å². The van der Waals surface area contributed by atoms with Crippen molar-refractivity contribution in [2.45, 2.75) is 19.3 Å². The Morgan fingerprint density at radius 2 is 2.07 bits per heavy atom. The van der Waals surface area contributed by atoms with E-state index in [-0.39, 0.29) is 17.2 Å². The third-order valence-electron chi connectivity index (χ3n) is 3.24. The molecule has 2 unspecified atom stereocenters. The normalized spacial score (nSPS) is 29.4. The van der Waals surface area contributed by atoms with Crippen molar-refractivity contribution >= 4 is 0 Å². The van der Waals surface area contributed by atoms with Crippen molar-refractivity contribution in [1.29, 1.82) is 0 Å². The Labute approximate surface area is 90.1 Å². The summed E-state index contributed by atoms with van der Waals surface area (Å²) < 4.78 is 13.7. The van der Waals surface area contributed by atoms with Gasteiger partial charge in [-0.2, -0.15) is 0 Å². The predicted molar refractivity (Wildman–Crippen MR) is 59.9 cm³/mol. The predicted octanol–water partition coefficient (Wildman–Crippen LogP) is 3.65. The zero-order valence-corrected chi connectivity index (χ0v) is 9.00. The molecule has 0 nitrogen and oxygen atoms in total. The number of benzene rings is 1. The van der Waals surface area contributed by atoms with Gasteiger partial charge in [-0.15, -0.1) is 0 Å². The minimum Gasteiger partial charge on any atom is -0.207 e. The molecule has 0 amide bonds. The lowest BCUT2D eigenvalue weighted by Gasteiger charge is -2.33. The molecule has 0 fully saturated rings. The van der Waals surface area contributed by atoms with Crippen LogP contribution in [0.15, 0.2) is 42.5 Å². The molecule has 1 aliphatic carbocycles. The van der Waals surface area contributed by atoms with Gasteiger partial charge in [0.15, 0.2) is 0 Å². The third-order valence-corrected chi connectivity index (χ3v) is 3.24. The summed E-state index contributed by atoms with van der Waals surface area (Å²) in [6.45, 7) is 4.11. The molecule has 77 valence electrons. The molecule has 2 atom stereocenters.